The van der Waals surface area contributed by atoms with Crippen molar-refractivity contribution in [2.75, 3.05) is 18.9 Å². The standard InChI is InChI=1S/C18H15BrN2O3S/c1-23-16-6-4-13(19)9-17(16)25-21-14-8-12-7-11(18(22)24-2)3-5-15(12)20-10-14/h3-10,21H,1-2H3. The number of carbonyl (C=O) groups is 1. The van der Waals surface area contributed by atoms with Crippen LogP contribution in [0.1, 0.15) is 10.4 Å². The number of nitrogens with one attached hydrogen (secondary N) is 1. The number of aromatic nitrogens is 1. The molecule has 0 amide bonds. The van der Waals surface area contributed by atoms with Crippen molar-refractivity contribution in [3.8, 4) is 5.75 Å². The van der Waals surface area contributed by atoms with Gasteiger partial charge in [-0.3, -0.25) is 4.98 Å². The average Bonchev–Trinajstić information content (AvgIpc) is 2.65. The van der Waals surface area contributed by atoms with E-state index in [2.05, 4.69) is 25.6 Å². The molecule has 25 heavy (non-hydrogen) atoms. The van der Waals surface area contributed by atoms with Crippen LogP contribution in [0.5, 0.6) is 5.75 Å². The number of ether oxygens (including phenoxy) is 2. The van der Waals surface area contributed by atoms with Gasteiger partial charge in [-0.05, 0) is 54.4 Å². The van der Waals surface area contributed by atoms with Crippen molar-refractivity contribution in [1.82, 2.24) is 4.98 Å². The van der Waals surface area contributed by atoms with Gasteiger partial charge in [0, 0.05) is 9.86 Å². The maximum atomic E-state index is 11.7. The maximum absolute atomic E-state index is 11.7. The molecular formula is C18H15BrN2O3S. The summed E-state index contributed by atoms with van der Waals surface area (Å²) in [6.45, 7) is 0. The van der Waals surface area contributed by atoms with Crippen LogP contribution in [-0.4, -0.2) is 25.2 Å². The second-order valence-corrected chi connectivity index (χ2v) is 6.89. The minimum Gasteiger partial charge on any atom is -0.496 e. The van der Waals surface area contributed by atoms with Crippen LogP contribution in [0.3, 0.4) is 0 Å². The molecule has 1 N–H and O–H groups in total. The Bertz CT molecular complexity index is 933. The number of esters is 1. The Morgan fingerprint density at radius 3 is 2.76 bits per heavy atom. The van der Waals surface area contributed by atoms with Crippen molar-refractivity contribution >= 4 is 50.4 Å². The highest BCUT2D eigenvalue weighted by atomic mass is 79.9. The molecule has 0 aliphatic heterocycles. The number of rotatable bonds is 5. The van der Waals surface area contributed by atoms with Gasteiger partial charge in [0.25, 0.3) is 0 Å². The van der Waals surface area contributed by atoms with E-state index in [1.54, 1.807) is 31.5 Å². The number of halogens is 1. The van der Waals surface area contributed by atoms with Crippen LogP contribution < -0.4 is 9.46 Å². The summed E-state index contributed by atoms with van der Waals surface area (Å²) in [5.74, 6) is 0.413. The number of carbonyl (C=O) groups excluding carboxylic acids is 1. The van der Waals surface area contributed by atoms with Gasteiger partial charge >= 0.3 is 5.97 Å². The normalized spacial score (nSPS) is 10.5. The van der Waals surface area contributed by atoms with Crippen molar-refractivity contribution < 1.29 is 14.3 Å². The number of nitrogens with zero attached hydrogens (tertiary/aromatic N) is 1. The van der Waals surface area contributed by atoms with Gasteiger partial charge in [-0.25, -0.2) is 4.79 Å². The molecule has 0 bridgehead atoms. The largest absolute Gasteiger partial charge is 0.496 e. The molecule has 0 unspecified atom stereocenters. The van der Waals surface area contributed by atoms with E-state index in [-0.39, 0.29) is 5.97 Å². The molecule has 0 saturated carbocycles. The number of hydrogen-bond acceptors (Lipinski definition) is 6. The maximum Gasteiger partial charge on any atom is 0.337 e. The van der Waals surface area contributed by atoms with Crippen molar-refractivity contribution in [3.63, 3.8) is 0 Å². The first-order valence-electron chi connectivity index (χ1n) is 7.35. The van der Waals surface area contributed by atoms with Gasteiger partial charge in [-0.1, -0.05) is 15.9 Å². The van der Waals surface area contributed by atoms with Crippen LogP contribution in [0, 0.1) is 0 Å². The lowest BCUT2D eigenvalue weighted by Gasteiger charge is -2.10. The Morgan fingerprint density at radius 1 is 1.16 bits per heavy atom. The first kappa shape index (κ1) is 17.6. The van der Waals surface area contributed by atoms with Crippen molar-refractivity contribution in [2.24, 2.45) is 0 Å². The van der Waals surface area contributed by atoms with Gasteiger partial charge < -0.3 is 14.2 Å². The molecule has 0 radical (unpaired) electrons. The highest BCUT2D eigenvalue weighted by Gasteiger charge is 2.08. The van der Waals surface area contributed by atoms with Crippen LogP contribution in [0.25, 0.3) is 10.9 Å². The molecule has 0 aliphatic rings. The van der Waals surface area contributed by atoms with Crippen LogP contribution in [0.15, 0.2) is 58.0 Å². The molecule has 1 heterocycles. The van der Waals surface area contributed by atoms with E-state index >= 15 is 0 Å². The molecule has 7 heteroatoms. The summed E-state index contributed by atoms with van der Waals surface area (Å²) in [6, 6.07) is 13.0. The summed E-state index contributed by atoms with van der Waals surface area (Å²) in [5.41, 5.74) is 2.13. The summed E-state index contributed by atoms with van der Waals surface area (Å²) < 4.78 is 14.3. The van der Waals surface area contributed by atoms with Gasteiger partial charge in [0.2, 0.25) is 0 Å². The second-order valence-electron chi connectivity index (χ2n) is 5.12. The fourth-order valence-corrected chi connectivity index (χ4v) is 3.57. The first-order chi connectivity index (χ1) is 12.1. The minimum absolute atomic E-state index is 0.367. The van der Waals surface area contributed by atoms with E-state index in [1.807, 2.05) is 24.3 Å². The smallest absolute Gasteiger partial charge is 0.337 e. The number of hydrogen-bond donors (Lipinski definition) is 1. The predicted molar refractivity (Wildman–Crippen MR) is 103 cm³/mol. The third-order valence-corrected chi connectivity index (χ3v) is 4.88. The molecule has 0 spiro atoms. The molecule has 0 fully saturated rings. The molecule has 0 atom stereocenters. The van der Waals surface area contributed by atoms with Crippen LogP contribution >= 0.6 is 27.9 Å². The second kappa shape index (κ2) is 7.76. The zero-order valence-electron chi connectivity index (χ0n) is 13.6. The quantitative estimate of drug-likeness (QED) is 0.468. The molecule has 2 aromatic carbocycles. The number of anilines is 1. The SMILES string of the molecule is COC(=O)c1ccc2ncc(NSc3cc(Br)ccc3OC)cc2c1. The Kier molecular flexibility index (Phi) is 5.45. The van der Waals surface area contributed by atoms with Crippen molar-refractivity contribution in [2.45, 2.75) is 4.90 Å². The van der Waals surface area contributed by atoms with E-state index in [1.165, 1.54) is 19.1 Å². The highest BCUT2D eigenvalue weighted by Crippen LogP contribution is 2.33. The Morgan fingerprint density at radius 2 is 2.00 bits per heavy atom. The summed E-state index contributed by atoms with van der Waals surface area (Å²) in [5, 5.41) is 0.856. The van der Waals surface area contributed by atoms with E-state index < -0.39 is 0 Å². The fraction of sp³-hybridized carbons (Fsp3) is 0.111. The van der Waals surface area contributed by atoms with E-state index in [0.717, 1.165) is 31.7 Å². The lowest BCUT2D eigenvalue weighted by atomic mass is 10.1. The van der Waals surface area contributed by atoms with E-state index in [9.17, 15) is 4.79 Å². The number of benzene rings is 2. The van der Waals surface area contributed by atoms with Gasteiger partial charge in [-0.2, -0.15) is 0 Å². The molecule has 3 aromatic rings. The molecule has 0 aliphatic carbocycles. The number of pyridine rings is 1. The highest BCUT2D eigenvalue weighted by molar-refractivity contribution is 9.10. The lowest BCUT2D eigenvalue weighted by Crippen LogP contribution is -2.00. The predicted octanol–water partition coefficient (Wildman–Crippen LogP) is 4.91. The monoisotopic (exact) mass is 418 g/mol. The number of methoxy groups -OCH3 is 2. The first-order valence-corrected chi connectivity index (χ1v) is 8.96. The topological polar surface area (TPSA) is 60.5 Å². The van der Waals surface area contributed by atoms with Crippen LogP contribution in [-0.2, 0) is 4.74 Å². The van der Waals surface area contributed by atoms with Gasteiger partial charge in [0.15, 0.2) is 0 Å². The third kappa shape index (κ3) is 4.05. The third-order valence-electron chi connectivity index (χ3n) is 3.51. The lowest BCUT2D eigenvalue weighted by molar-refractivity contribution is 0.0601. The molecule has 0 saturated heterocycles. The fourth-order valence-electron chi connectivity index (χ4n) is 2.28. The Hall–Kier alpha value is -2.25. The molecule has 5 nitrogen and oxygen atoms in total. The van der Waals surface area contributed by atoms with Gasteiger partial charge in [-0.15, -0.1) is 0 Å². The minimum atomic E-state index is -0.367. The Balaban J connectivity index is 1.84. The molecule has 3 rings (SSSR count). The Labute approximate surface area is 158 Å². The molecule has 128 valence electrons. The van der Waals surface area contributed by atoms with E-state index in [0.29, 0.717) is 5.56 Å². The zero-order chi connectivity index (χ0) is 17.8. The molecular weight excluding hydrogens is 404 g/mol. The van der Waals surface area contributed by atoms with Gasteiger partial charge in [0.05, 0.1) is 42.1 Å². The van der Waals surface area contributed by atoms with E-state index in [4.69, 9.17) is 9.47 Å². The van der Waals surface area contributed by atoms with Crippen molar-refractivity contribution in [1.29, 1.82) is 0 Å². The summed E-state index contributed by atoms with van der Waals surface area (Å²) in [6.07, 6.45) is 1.75. The average molecular weight is 419 g/mol. The molecule has 1 aromatic heterocycles. The van der Waals surface area contributed by atoms with Gasteiger partial charge in [0.1, 0.15) is 5.75 Å². The van der Waals surface area contributed by atoms with Crippen molar-refractivity contribution in [3.05, 3.63) is 58.7 Å². The zero-order valence-corrected chi connectivity index (χ0v) is 16.0. The van der Waals surface area contributed by atoms with Crippen LogP contribution in [0.2, 0.25) is 0 Å². The summed E-state index contributed by atoms with van der Waals surface area (Å²) in [7, 11) is 3.00. The summed E-state index contributed by atoms with van der Waals surface area (Å²) >= 11 is 4.89. The summed E-state index contributed by atoms with van der Waals surface area (Å²) in [4.78, 5) is 17.0. The number of fused-ring (bicyclic) bond motifs is 1. The van der Waals surface area contributed by atoms with Crippen LogP contribution in [0.4, 0.5) is 5.69 Å².